The average molecular weight is 879 g/mol. The summed E-state index contributed by atoms with van der Waals surface area (Å²) in [5.74, 6) is 2.43. The molecule has 0 aliphatic carbocycles. The molecule has 1 aliphatic rings. The molecule has 0 radical (unpaired) electrons. The van der Waals surface area contributed by atoms with Gasteiger partial charge >= 0.3 is 0 Å². The van der Waals surface area contributed by atoms with Crippen molar-refractivity contribution in [3.63, 3.8) is 0 Å². The number of hydrogen-bond donors (Lipinski definition) is 0. The molecular weight excluding hydrogens is 817 g/mol. The largest absolute Gasteiger partial charge is 0.457 e. The van der Waals surface area contributed by atoms with E-state index in [-0.39, 0.29) is 21.7 Å². The molecule has 3 heterocycles. The summed E-state index contributed by atoms with van der Waals surface area (Å²) >= 11 is 0. The minimum atomic E-state index is -0.209. The number of ether oxygens (including phenoxy) is 1. The Morgan fingerprint density at radius 2 is 0.925 bits per heavy atom. The highest BCUT2D eigenvalue weighted by Gasteiger charge is 2.33. The molecule has 1 aliphatic heterocycles. The molecule has 5 nitrogen and oxygen atoms in total. The van der Waals surface area contributed by atoms with Crippen molar-refractivity contribution in [3.05, 3.63) is 216 Å². The Kier molecular flexibility index (Phi) is 10.7. The monoisotopic (exact) mass is 878 g/mol. The van der Waals surface area contributed by atoms with E-state index in [1.807, 2.05) is 6.20 Å². The van der Waals surface area contributed by atoms with Crippen LogP contribution in [0.5, 0.6) is 11.5 Å². The van der Waals surface area contributed by atoms with Gasteiger partial charge in [-0.25, -0.2) is 4.98 Å². The fraction of sp³-hybridized carbons (Fsp3) is 0.242. The molecule has 0 unspecified atom stereocenters. The molecule has 67 heavy (non-hydrogen) atoms. The lowest BCUT2D eigenvalue weighted by Crippen LogP contribution is -2.24. The van der Waals surface area contributed by atoms with E-state index < -0.39 is 0 Å². The van der Waals surface area contributed by atoms with E-state index in [1.54, 1.807) is 0 Å². The van der Waals surface area contributed by atoms with Crippen molar-refractivity contribution >= 4 is 44.6 Å². The molecule has 0 spiro atoms. The Labute approximate surface area is 397 Å². The van der Waals surface area contributed by atoms with Crippen LogP contribution in [-0.4, -0.2) is 16.2 Å². The molecule has 5 heteroatoms. The zero-order valence-corrected chi connectivity index (χ0v) is 40.7. The molecule has 336 valence electrons. The van der Waals surface area contributed by atoms with Crippen molar-refractivity contribution in [2.24, 2.45) is 0 Å². The van der Waals surface area contributed by atoms with Crippen LogP contribution in [-0.2, 0) is 21.7 Å². The maximum absolute atomic E-state index is 6.90. The maximum Gasteiger partial charge on any atom is 0.137 e. The molecule has 0 amide bonds. The van der Waals surface area contributed by atoms with Crippen molar-refractivity contribution in [2.75, 3.05) is 16.5 Å². The van der Waals surface area contributed by atoms with E-state index in [1.165, 1.54) is 55.8 Å². The van der Waals surface area contributed by atoms with E-state index >= 15 is 0 Å². The van der Waals surface area contributed by atoms with Gasteiger partial charge in [-0.1, -0.05) is 166 Å². The second-order valence-electron chi connectivity index (χ2n) is 21.5. The Morgan fingerprint density at radius 1 is 0.403 bits per heavy atom. The van der Waals surface area contributed by atoms with Crippen LogP contribution in [0.3, 0.4) is 0 Å². The Morgan fingerprint density at radius 3 is 1.58 bits per heavy atom. The third-order valence-corrected chi connectivity index (χ3v) is 14.2. The Bertz CT molecular complexity index is 3280. The van der Waals surface area contributed by atoms with Gasteiger partial charge in [-0.3, -0.25) is 4.57 Å². The van der Waals surface area contributed by atoms with E-state index in [0.29, 0.717) is 6.67 Å². The Balaban J connectivity index is 1.06. The first-order valence-corrected chi connectivity index (χ1v) is 23.7. The zero-order valence-electron chi connectivity index (χ0n) is 40.7. The van der Waals surface area contributed by atoms with Crippen LogP contribution in [0.4, 0.5) is 22.7 Å². The normalized spacial score (nSPS) is 13.4. The molecule has 2 aromatic heterocycles. The van der Waals surface area contributed by atoms with Crippen molar-refractivity contribution < 1.29 is 4.74 Å². The van der Waals surface area contributed by atoms with Crippen molar-refractivity contribution in [1.82, 2.24) is 9.55 Å². The van der Waals surface area contributed by atoms with Crippen LogP contribution in [0.1, 0.15) is 103 Å². The highest BCUT2D eigenvalue weighted by Crippen LogP contribution is 2.48. The first kappa shape index (κ1) is 43.8. The predicted octanol–water partition coefficient (Wildman–Crippen LogP) is 16.5. The summed E-state index contributed by atoms with van der Waals surface area (Å²) in [5, 5.41) is 2.33. The molecule has 0 atom stereocenters. The lowest BCUT2D eigenvalue weighted by molar-refractivity contribution is 0.483. The van der Waals surface area contributed by atoms with E-state index in [4.69, 9.17) is 9.72 Å². The first-order valence-electron chi connectivity index (χ1n) is 23.7. The summed E-state index contributed by atoms with van der Waals surface area (Å²) in [5.41, 5.74) is 14.0. The summed E-state index contributed by atoms with van der Waals surface area (Å²) in [6.45, 7) is 23.5. The summed E-state index contributed by atoms with van der Waals surface area (Å²) in [6, 6.07) is 64.0. The molecule has 0 bridgehead atoms. The number of fused-ring (bicyclic) bond motifs is 4. The zero-order chi connectivity index (χ0) is 46.9. The number of nitrogens with zero attached hydrogens (tertiary/aromatic N) is 4. The molecule has 10 rings (SSSR count). The SMILES string of the molecule is CC(C)(C)c1cccc(N2CN(c3cccc(Oc4ccc5c6ccc(C(C)(C)c7ccccc7)cc6n(-c6cc(C(C)(C)C)ccn6)c5c4)c3)c3cc(C(C)(C)c4ccccc4)ccc32)c1. The van der Waals surface area contributed by atoms with Gasteiger partial charge in [-0.05, 0) is 111 Å². The minimum Gasteiger partial charge on any atom is -0.457 e. The number of pyridine rings is 1. The lowest BCUT2D eigenvalue weighted by Gasteiger charge is -2.28. The predicted molar refractivity (Wildman–Crippen MR) is 282 cm³/mol. The smallest absolute Gasteiger partial charge is 0.137 e. The molecule has 9 aromatic rings. The number of anilines is 4. The lowest BCUT2D eigenvalue weighted by atomic mass is 9.78. The van der Waals surface area contributed by atoms with Gasteiger partial charge in [0, 0.05) is 51.3 Å². The van der Waals surface area contributed by atoms with Crippen LogP contribution in [0.25, 0.3) is 27.6 Å². The van der Waals surface area contributed by atoms with Crippen LogP contribution in [0.2, 0.25) is 0 Å². The van der Waals surface area contributed by atoms with Crippen LogP contribution in [0.15, 0.2) is 182 Å². The molecule has 0 saturated carbocycles. The van der Waals surface area contributed by atoms with E-state index in [0.717, 1.165) is 39.4 Å². The maximum atomic E-state index is 6.90. The fourth-order valence-electron chi connectivity index (χ4n) is 9.83. The third-order valence-electron chi connectivity index (χ3n) is 14.2. The summed E-state index contributed by atoms with van der Waals surface area (Å²) < 4.78 is 9.23. The van der Waals surface area contributed by atoms with Gasteiger partial charge < -0.3 is 14.5 Å². The van der Waals surface area contributed by atoms with Gasteiger partial charge in [-0.2, -0.15) is 0 Å². The summed E-state index contributed by atoms with van der Waals surface area (Å²) in [4.78, 5) is 9.90. The molecular formula is C62H62N4O. The van der Waals surface area contributed by atoms with Gasteiger partial charge in [0.25, 0.3) is 0 Å². The number of benzene rings is 7. The van der Waals surface area contributed by atoms with Gasteiger partial charge in [0.1, 0.15) is 24.0 Å². The van der Waals surface area contributed by atoms with E-state index in [9.17, 15) is 0 Å². The van der Waals surface area contributed by atoms with Gasteiger partial charge in [0.2, 0.25) is 0 Å². The van der Waals surface area contributed by atoms with E-state index in [2.05, 4.69) is 260 Å². The van der Waals surface area contributed by atoms with Crippen molar-refractivity contribution in [2.45, 2.75) is 90.9 Å². The molecule has 0 saturated heterocycles. The number of hydrogen-bond acceptors (Lipinski definition) is 4. The topological polar surface area (TPSA) is 33.5 Å². The van der Waals surface area contributed by atoms with Crippen LogP contribution >= 0.6 is 0 Å². The molecule has 7 aromatic carbocycles. The Hall–Kier alpha value is -7.11. The van der Waals surface area contributed by atoms with Crippen molar-refractivity contribution in [1.29, 1.82) is 0 Å². The third kappa shape index (κ3) is 8.05. The quantitative estimate of drug-likeness (QED) is 0.145. The molecule has 0 N–H and O–H groups in total. The van der Waals surface area contributed by atoms with Crippen molar-refractivity contribution in [3.8, 4) is 17.3 Å². The van der Waals surface area contributed by atoms with Crippen LogP contribution in [0, 0.1) is 0 Å². The van der Waals surface area contributed by atoms with Gasteiger partial charge in [0.15, 0.2) is 0 Å². The number of rotatable bonds is 9. The average Bonchev–Trinajstić information content (AvgIpc) is 3.87. The second kappa shape index (κ2) is 16.3. The summed E-state index contributed by atoms with van der Waals surface area (Å²) in [7, 11) is 0. The highest BCUT2D eigenvalue weighted by atomic mass is 16.5. The molecule has 0 fully saturated rings. The minimum absolute atomic E-state index is 0.0278. The fourth-order valence-corrected chi connectivity index (χ4v) is 9.83. The highest BCUT2D eigenvalue weighted by molar-refractivity contribution is 6.09. The van der Waals surface area contributed by atoms with Gasteiger partial charge in [-0.15, -0.1) is 0 Å². The first-order chi connectivity index (χ1) is 32.0. The van der Waals surface area contributed by atoms with Gasteiger partial charge in [0.05, 0.1) is 22.4 Å². The number of aromatic nitrogens is 2. The van der Waals surface area contributed by atoms with Crippen LogP contribution < -0.4 is 14.5 Å². The second-order valence-corrected chi connectivity index (χ2v) is 21.5. The standard InChI is InChI=1S/C62H62N4O/c1-59(2,3)44-23-17-24-48(35-44)64-41-65(57-37-47(28-32-54(57)64)62(9,10)43-21-15-12-16-22-43)49-25-18-26-50(39-49)67-51-29-31-53-52-30-27-46(61(7,8)42-19-13-11-14-20-42)36-55(52)66(56(53)40-51)58-38-45(33-34-63-58)60(4,5)6/h11-40H,41H2,1-10H3. The summed E-state index contributed by atoms with van der Waals surface area (Å²) in [6.07, 6.45) is 1.95.